The number of nitrogens with one attached hydrogen (secondary N) is 1. The first-order valence-electron chi connectivity index (χ1n) is 9.73. The monoisotopic (exact) mass is 389 g/mol. The number of benzene rings is 2. The topological polar surface area (TPSA) is 80.1 Å². The lowest BCUT2D eigenvalue weighted by Crippen LogP contribution is -2.27. The molecule has 0 unspecified atom stereocenters. The predicted octanol–water partition coefficient (Wildman–Crippen LogP) is 2.88. The van der Waals surface area contributed by atoms with Crippen LogP contribution < -0.4 is 5.32 Å². The molecule has 7 nitrogen and oxygen atoms in total. The Morgan fingerprint density at radius 3 is 2.72 bits per heavy atom. The Morgan fingerprint density at radius 2 is 2.03 bits per heavy atom. The summed E-state index contributed by atoms with van der Waals surface area (Å²) in [7, 11) is 0. The zero-order valence-corrected chi connectivity index (χ0v) is 16.3. The minimum atomic E-state index is -0.142. The van der Waals surface area contributed by atoms with Crippen LogP contribution in [0.2, 0.25) is 0 Å². The Bertz CT molecular complexity index is 998. The molecule has 0 saturated carbocycles. The SMILES string of the molecule is C[C@H](NC(=O)c1cccc(CN2CCCC2=O)c1)c1ccc(-n2cncn2)cc1. The number of carbonyl (C=O) groups is 2. The van der Waals surface area contributed by atoms with Gasteiger partial charge in [0.05, 0.1) is 11.7 Å². The molecule has 1 saturated heterocycles. The summed E-state index contributed by atoms with van der Waals surface area (Å²) in [6.45, 7) is 3.30. The van der Waals surface area contributed by atoms with Gasteiger partial charge in [0, 0.05) is 25.1 Å². The van der Waals surface area contributed by atoms with Gasteiger partial charge >= 0.3 is 0 Å². The standard InChI is InChI=1S/C22H23N5O2/c1-16(18-7-9-20(10-8-18)27-15-23-14-24-27)25-22(29)19-5-2-4-17(12-19)13-26-11-3-6-21(26)28/h2,4-5,7-10,12,14-16H,3,6,11,13H2,1H3,(H,25,29)/t16-/m0/s1. The number of hydrogen-bond acceptors (Lipinski definition) is 4. The molecule has 7 heteroatoms. The molecule has 1 N–H and O–H groups in total. The van der Waals surface area contributed by atoms with E-state index in [1.807, 2.05) is 54.3 Å². The van der Waals surface area contributed by atoms with Crippen molar-refractivity contribution < 1.29 is 9.59 Å². The molecule has 148 valence electrons. The van der Waals surface area contributed by atoms with E-state index in [0.717, 1.165) is 29.8 Å². The van der Waals surface area contributed by atoms with E-state index in [0.29, 0.717) is 18.5 Å². The number of hydrogen-bond donors (Lipinski definition) is 1. The Labute approximate surface area is 169 Å². The first-order valence-corrected chi connectivity index (χ1v) is 9.73. The van der Waals surface area contributed by atoms with Gasteiger partial charge in [0.2, 0.25) is 5.91 Å². The fourth-order valence-electron chi connectivity index (χ4n) is 3.52. The van der Waals surface area contributed by atoms with Crippen molar-refractivity contribution in [3.05, 3.63) is 77.9 Å². The molecule has 0 aliphatic carbocycles. The Kier molecular flexibility index (Phi) is 5.37. The van der Waals surface area contributed by atoms with Crippen molar-refractivity contribution >= 4 is 11.8 Å². The summed E-state index contributed by atoms with van der Waals surface area (Å²) in [5.74, 6) is 0.0512. The maximum Gasteiger partial charge on any atom is 0.251 e. The average Bonchev–Trinajstić information content (AvgIpc) is 3.41. The Morgan fingerprint density at radius 1 is 1.21 bits per heavy atom. The summed E-state index contributed by atoms with van der Waals surface area (Å²) >= 11 is 0. The van der Waals surface area contributed by atoms with E-state index in [4.69, 9.17) is 0 Å². The van der Waals surface area contributed by atoms with Crippen LogP contribution in [0.5, 0.6) is 0 Å². The smallest absolute Gasteiger partial charge is 0.251 e. The van der Waals surface area contributed by atoms with E-state index >= 15 is 0 Å². The molecule has 0 spiro atoms. The van der Waals surface area contributed by atoms with Gasteiger partial charge in [0.15, 0.2) is 0 Å². The Hall–Kier alpha value is -3.48. The van der Waals surface area contributed by atoms with Crippen molar-refractivity contribution in [2.75, 3.05) is 6.54 Å². The number of carbonyl (C=O) groups excluding carboxylic acids is 2. The van der Waals surface area contributed by atoms with Gasteiger partial charge in [0.1, 0.15) is 12.7 Å². The highest BCUT2D eigenvalue weighted by Crippen LogP contribution is 2.18. The molecule has 1 aromatic heterocycles. The van der Waals surface area contributed by atoms with E-state index in [-0.39, 0.29) is 17.9 Å². The second-order valence-electron chi connectivity index (χ2n) is 7.25. The van der Waals surface area contributed by atoms with Crippen LogP contribution in [0.1, 0.15) is 47.3 Å². The molecule has 0 radical (unpaired) electrons. The van der Waals surface area contributed by atoms with Gasteiger partial charge < -0.3 is 10.2 Å². The summed E-state index contributed by atoms with van der Waals surface area (Å²) in [6, 6.07) is 15.2. The molecule has 1 aliphatic rings. The van der Waals surface area contributed by atoms with E-state index in [9.17, 15) is 9.59 Å². The lowest BCUT2D eigenvalue weighted by molar-refractivity contribution is -0.128. The van der Waals surface area contributed by atoms with Crippen molar-refractivity contribution in [2.45, 2.75) is 32.4 Å². The zero-order chi connectivity index (χ0) is 20.2. The highest BCUT2D eigenvalue weighted by molar-refractivity contribution is 5.94. The van der Waals surface area contributed by atoms with E-state index in [1.165, 1.54) is 6.33 Å². The first-order chi connectivity index (χ1) is 14.1. The van der Waals surface area contributed by atoms with Crippen LogP contribution in [-0.4, -0.2) is 38.0 Å². The van der Waals surface area contributed by atoms with Crippen molar-refractivity contribution in [3.8, 4) is 5.69 Å². The van der Waals surface area contributed by atoms with E-state index in [2.05, 4.69) is 15.4 Å². The van der Waals surface area contributed by atoms with Crippen LogP contribution >= 0.6 is 0 Å². The van der Waals surface area contributed by atoms with Crippen molar-refractivity contribution in [3.63, 3.8) is 0 Å². The van der Waals surface area contributed by atoms with Gasteiger partial charge in [-0.15, -0.1) is 0 Å². The summed E-state index contributed by atoms with van der Waals surface area (Å²) in [5, 5.41) is 7.15. The van der Waals surface area contributed by atoms with Gasteiger partial charge in [-0.25, -0.2) is 9.67 Å². The maximum absolute atomic E-state index is 12.7. The van der Waals surface area contributed by atoms with Gasteiger partial charge in [-0.1, -0.05) is 24.3 Å². The third kappa shape index (κ3) is 4.34. The fraction of sp³-hybridized carbons (Fsp3) is 0.273. The average molecular weight is 389 g/mol. The van der Waals surface area contributed by atoms with Gasteiger partial charge in [-0.05, 0) is 48.7 Å². The summed E-state index contributed by atoms with van der Waals surface area (Å²) in [4.78, 5) is 30.3. The van der Waals surface area contributed by atoms with E-state index < -0.39 is 0 Å². The van der Waals surface area contributed by atoms with E-state index in [1.54, 1.807) is 17.1 Å². The number of aromatic nitrogens is 3. The quantitative estimate of drug-likeness (QED) is 0.703. The molecule has 0 bridgehead atoms. The second kappa shape index (κ2) is 8.26. The molecule has 1 atom stereocenters. The van der Waals surface area contributed by atoms with Gasteiger partial charge in [0.25, 0.3) is 5.91 Å². The van der Waals surface area contributed by atoms with Crippen molar-refractivity contribution in [1.29, 1.82) is 0 Å². The molecule has 2 amide bonds. The second-order valence-corrected chi connectivity index (χ2v) is 7.25. The number of amides is 2. The predicted molar refractivity (Wildman–Crippen MR) is 108 cm³/mol. The third-order valence-corrected chi connectivity index (χ3v) is 5.16. The molecular formula is C22H23N5O2. The summed E-state index contributed by atoms with van der Waals surface area (Å²) < 4.78 is 1.68. The van der Waals surface area contributed by atoms with Gasteiger partial charge in [-0.3, -0.25) is 9.59 Å². The van der Waals surface area contributed by atoms with Crippen molar-refractivity contribution in [2.24, 2.45) is 0 Å². The molecule has 2 aromatic carbocycles. The molecule has 4 rings (SSSR count). The molecular weight excluding hydrogens is 366 g/mol. The molecule has 29 heavy (non-hydrogen) atoms. The van der Waals surface area contributed by atoms with Gasteiger partial charge in [-0.2, -0.15) is 5.10 Å². The molecule has 2 heterocycles. The van der Waals surface area contributed by atoms with Crippen LogP contribution in [-0.2, 0) is 11.3 Å². The molecule has 3 aromatic rings. The van der Waals surface area contributed by atoms with Crippen molar-refractivity contribution in [1.82, 2.24) is 25.0 Å². The van der Waals surface area contributed by atoms with Crippen LogP contribution in [0.15, 0.2) is 61.2 Å². The number of rotatable bonds is 6. The van der Waals surface area contributed by atoms with Crippen LogP contribution in [0, 0.1) is 0 Å². The molecule has 1 fully saturated rings. The Balaban J connectivity index is 1.40. The molecule has 1 aliphatic heterocycles. The minimum Gasteiger partial charge on any atom is -0.346 e. The fourth-order valence-corrected chi connectivity index (χ4v) is 3.52. The number of likely N-dealkylation sites (tertiary alicyclic amines) is 1. The highest BCUT2D eigenvalue weighted by Gasteiger charge is 2.20. The van der Waals surface area contributed by atoms with Crippen LogP contribution in [0.3, 0.4) is 0 Å². The number of nitrogens with zero attached hydrogens (tertiary/aromatic N) is 4. The zero-order valence-electron chi connectivity index (χ0n) is 16.3. The first kappa shape index (κ1) is 18.9. The lowest BCUT2D eigenvalue weighted by Gasteiger charge is -2.17. The minimum absolute atomic E-state index is 0.132. The lowest BCUT2D eigenvalue weighted by atomic mass is 10.1. The summed E-state index contributed by atoms with van der Waals surface area (Å²) in [5.41, 5.74) is 3.48. The normalized spacial score (nSPS) is 14.8. The van der Waals surface area contributed by atoms with Crippen LogP contribution in [0.4, 0.5) is 0 Å². The largest absolute Gasteiger partial charge is 0.346 e. The summed E-state index contributed by atoms with van der Waals surface area (Å²) in [6.07, 6.45) is 4.66. The van der Waals surface area contributed by atoms with Crippen LogP contribution in [0.25, 0.3) is 5.69 Å². The highest BCUT2D eigenvalue weighted by atomic mass is 16.2. The maximum atomic E-state index is 12.7. The third-order valence-electron chi connectivity index (χ3n) is 5.16.